The van der Waals surface area contributed by atoms with E-state index in [0.717, 1.165) is 54.6 Å². The second-order valence-corrected chi connectivity index (χ2v) is 13.5. The van der Waals surface area contributed by atoms with Crippen LogP contribution in [0, 0.1) is 18.2 Å². The molecule has 7 heteroatoms. The first kappa shape index (κ1) is 30.5. The minimum atomic E-state index is 0. The van der Waals surface area contributed by atoms with Crippen LogP contribution in [0.2, 0.25) is 0 Å². The molecule has 8 aromatic rings. The monoisotopic (exact) mass is 822 g/mol. The number of hydrogen-bond donors (Lipinski definition) is 0. The number of hydrogen-bond acceptors (Lipinski definition) is 5. The normalized spacial score (nSPS) is 13.3. The number of fused-ring (bicyclic) bond motifs is 3. The maximum absolute atomic E-state index is 4.81. The average molecular weight is 822 g/mol. The summed E-state index contributed by atoms with van der Waals surface area (Å²) in [6, 6.07) is 55.4. The minimum absolute atomic E-state index is 0. The van der Waals surface area contributed by atoms with E-state index in [1.807, 2.05) is 60.7 Å². The molecule has 0 spiro atoms. The van der Waals surface area contributed by atoms with Crippen LogP contribution in [0.4, 0.5) is 5.69 Å². The minimum Gasteiger partial charge on any atom is -0.670 e. The molecule has 1 atom stereocenters. The summed E-state index contributed by atoms with van der Waals surface area (Å²) >= 11 is 5.19. The van der Waals surface area contributed by atoms with Crippen molar-refractivity contribution in [1.82, 2.24) is 9.97 Å². The Bertz CT molecular complexity index is 2170. The van der Waals surface area contributed by atoms with Gasteiger partial charge in [-0.2, -0.15) is 64.6 Å². The summed E-state index contributed by atoms with van der Waals surface area (Å²) in [6.45, 7) is 0. The van der Waals surface area contributed by atoms with Crippen molar-refractivity contribution in [2.24, 2.45) is 0 Å². The summed E-state index contributed by atoms with van der Waals surface area (Å²) in [4.78, 5) is 10.7. The van der Waals surface area contributed by atoms with Gasteiger partial charge in [0.15, 0.2) is 0 Å². The summed E-state index contributed by atoms with van der Waals surface area (Å²) in [5, 5.41) is 6.92. The fraction of sp³-hybridized carbons (Fsp3) is 0.0256. The number of para-hydroxylation sites is 3. The third-order valence-electron chi connectivity index (χ3n) is 7.29. The van der Waals surface area contributed by atoms with Crippen molar-refractivity contribution in [3.8, 4) is 32.3 Å². The van der Waals surface area contributed by atoms with E-state index in [4.69, 9.17) is 15.3 Å². The van der Waals surface area contributed by atoms with Gasteiger partial charge in [-0.1, -0.05) is 53.4 Å². The first-order chi connectivity index (χ1) is 22.3. The third kappa shape index (κ3) is 6.43. The molecule has 0 fully saturated rings. The van der Waals surface area contributed by atoms with Gasteiger partial charge >= 0.3 is 0 Å². The fourth-order valence-corrected chi connectivity index (χ4v) is 8.07. The quantitative estimate of drug-likeness (QED) is 0.166. The number of thioether (sulfide) groups is 1. The number of nitrogens with zero attached hydrogens (tertiary/aromatic N) is 3. The van der Waals surface area contributed by atoms with E-state index in [9.17, 15) is 0 Å². The van der Waals surface area contributed by atoms with Crippen LogP contribution < -0.4 is 0 Å². The summed E-state index contributed by atoms with van der Waals surface area (Å²) in [7, 11) is 0. The molecule has 0 amide bonds. The molecule has 6 aromatic carbocycles. The maximum Gasteiger partial charge on any atom is 0.0721 e. The van der Waals surface area contributed by atoms with Crippen LogP contribution in [-0.2, 0) is 20.1 Å². The van der Waals surface area contributed by atoms with E-state index < -0.39 is 0 Å². The fourth-order valence-electron chi connectivity index (χ4n) is 5.11. The van der Waals surface area contributed by atoms with Crippen molar-refractivity contribution in [3.63, 3.8) is 0 Å². The van der Waals surface area contributed by atoms with Crippen LogP contribution in [0.15, 0.2) is 138 Å². The Labute approximate surface area is 293 Å². The molecule has 3 nitrogen and oxygen atoms in total. The molecule has 1 unspecified atom stereocenters. The van der Waals surface area contributed by atoms with Crippen molar-refractivity contribution in [1.29, 1.82) is 0 Å². The second kappa shape index (κ2) is 13.7. The predicted octanol–water partition coefficient (Wildman–Crippen LogP) is 11.8. The molecule has 225 valence electrons. The Hall–Kier alpha value is -4.10. The van der Waals surface area contributed by atoms with E-state index >= 15 is 0 Å². The van der Waals surface area contributed by atoms with Gasteiger partial charge in [0, 0.05) is 34.5 Å². The molecule has 1 aliphatic rings. The summed E-state index contributed by atoms with van der Waals surface area (Å²) in [6.07, 6.45) is 0. The van der Waals surface area contributed by atoms with Crippen LogP contribution in [0.3, 0.4) is 0 Å². The summed E-state index contributed by atoms with van der Waals surface area (Å²) in [5.41, 5.74) is 8.45. The van der Waals surface area contributed by atoms with Gasteiger partial charge in [0.1, 0.15) is 0 Å². The first-order valence-corrected chi connectivity index (χ1v) is 17.0. The number of rotatable bonds is 4. The van der Waals surface area contributed by atoms with Crippen LogP contribution in [0.5, 0.6) is 0 Å². The van der Waals surface area contributed by atoms with Crippen molar-refractivity contribution < 1.29 is 20.1 Å². The van der Waals surface area contributed by atoms with Crippen LogP contribution in [-0.4, -0.2) is 9.97 Å². The van der Waals surface area contributed by atoms with Crippen molar-refractivity contribution >= 4 is 60.6 Å². The van der Waals surface area contributed by atoms with E-state index in [1.54, 1.807) is 34.4 Å². The van der Waals surface area contributed by atoms with Gasteiger partial charge in [-0.3, -0.25) is 9.97 Å². The zero-order valence-corrected chi connectivity index (χ0v) is 29.0. The molecular weight excluding hydrogens is 799 g/mol. The SMILES string of the molecule is [Ir].[c-]1c(-c2nc3ccccc3s2)cccc1C1[N-]c2ccccc2S1.[c-]1ccccc1-c1[c-]c(-c2nc3ccccc3s2)ccc1. The largest absolute Gasteiger partial charge is 0.670 e. The number of aromatic nitrogens is 2. The van der Waals surface area contributed by atoms with Crippen molar-refractivity contribution in [2.75, 3.05) is 0 Å². The van der Waals surface area contributed by atoms with Gasteiger partial charge < -0.3 is 5.32 Å². The van der Waals surface area contributed by atoms with Gasteiger partial charge in [0.05, 0.1) is 16.0 Å². The zero-order chi connectivity index (χ0) is 30.0. The van der Waals surface area contributed by atoms with E-state index in [-0.39, 0.29) is 25.5 Å². The van der Waals surface area contributed by atoms with E-state index in [1.165, 1.54) is 14.3 Å². The molecule has 2 aromatic heterocycles. The van der Waals surface area contributed by atoms with Gasteiger partial charge in [0.25, 0.3) is 0 Å². The smallest absolute Gasteiger partial charge is 0.0721 e. The zero-order valence-electron chi connectivity index (χ0n) is 24.2. The Kier molecular flexibility index (Phi) is 9.11. The van der Waals surface area contributed by atoms with Crippen molar-refractivity contribution in [2.45, 2.75) is 10.3 Å². The first-order valence-electron chi connectivity index (χ1n) is 14.5. The van der Waals surface area contributed by atoms with Gasteiger partial charge in [-0.25, -0.2) is 5.56 Å². The maximum atomic E-state index is 4.81. The van der Waals surface area contributed by atoms with Crippen molar-refractivity contribution in [3.05, 3.63) is 163 Å². The Morgan fingerprint density at radius 1 is 0.543 bits per heavy atom. The topological polar surface area (TPSA) is 39.9 Å². The summed E-state index contributed by atoms with van der Waals surface area (Å²) in [5.74, 6) is 0. The molecule has 1 aliphatic heterocycles. The van der Waals surface area contributed by atoms with Crippen LogP contribution in [0.25, 0.3) is 58.0 Å². The van der Waals surface area contributed by atoms with E-state index in [2.05, 4.69) is 91.0 Å². The van der Waals surface area contributed by atoms with Gasteiger partial charge in [0.2, 0.25) is 0 Å². The van der Waals surface area contributed by atoms with Crippen LogP contribution >= 0.6 is 34.4 Å². The third-order valence-corrected chi connectivity index (χ3v) is 10.6. The second-order valence-electron chi connectivity index (χ2n) is 10.3. The molecule has 3 heterocycles. The molecule has 1 radical (unpaired) electrons. The molecule has 9 rings (SSSR count). The van der Waals surface area contributed by atoms with Gasteiger partial charge in [-0.05, 0) is 35.2 Å². The summed E-state index contributed by atoms with van der Waals surface area (Å²) < 4.78 is 2.41. The van der Waals surface area contributed by atoms with Gasteiger partial charge in [-0.15, -0.1) is 71.0 Å². The Morgan fingerprint density at radius 2 is 1.13 bits per heavy atom. The Morgan fingerprint density at radius 3 is 1.80 bits per heavy atom. The molecule has 0 saturated heterocycles. The molecule has 0 bridgehead atoms. The predicted molar refractivity (Wildman–Crippen MR) is 190 cm³/mol. The standard InChI is InChI=1S/C20H12N2S2.C19H11NS.Ir/c1-3-10-17-15(8-1)21-19(23-17)13-6-5-7-14(12-13)20-22-16-9-2-4-11-18(16)24-20;1-2-7-14(8-3-1)15-9-6-10-16(13-15)19-20-17-11-4-5-12-18(17)21-19;/h1-11,19H;1-7,9-12H;/q2*-2;. The van der Waals surface area contributed by atoms with Crippen LogP contribution in [0.1, 0.15) is 10.9 Å². The average Bonchev–Trinajstić information content (AvgIpc) is 3.86. The molecule has 46 heavy (non-hydrogen) atoms. The number of thiazole rings is 2. The molecule has 0 N–H and O–H groups in total. The molecular formula is C39H23IrN3S3-4. The number of benzene rings is 6. The molecule has 0 aliphatic carbocycles. The molecule has 0 saturated carbocycles. The van der Waals surface area contributed by atoms with E-state index in [0.29, 0.717) is 0 Å². The Balaban J connectivity index is 0.000000145.